The third-order valence-electron chi connectivity index (χ3n) is 2.44. The van der Waals surface area contributed by atoms with Crippen molar-refractivity contribution in [3.8, 4) is 5.88 Å². The normalized spacial score (nSPS) is 10.5. The Morgan fingerprint density at radius 1 is 1.41 bits per heavy atom. The van der Waals surface area contributed by atoms with E-state index >= 15 is 0 Å². The molecule has 2 heterocycles. The second-order valence-electron chi connectivity index (χ2n) is 3.74. The van der Waals surface area contributed by atoms with Crippen LogP contribution in [0.5, 0.6) is 5.88 Å². The van der Waals surface area contributed by atoms with Gasteiger partial charge in [-0.3, -0.25) is 0 Å². The zero-order chi connectivity index (χ0) is 12.1. The third-order valence-corrected chi connectivity index (χ3v) is 2.44. The van der Waals surface area contributed by atoms with Gasteiger partial charge < -0.3 is 14.6 Å². The van der Waals surface area contributed by atoms with Crippen LogP contribution in [0.25, 0.3) is 0 Å². The summed E-state index contributed by atoms with van der Waals surface area (Å²) in [5, 5.41) is 3.07. The Bertz CT molecular complexity index is 481. The Labute approximate surface area is 100 Å². The summed E-state index contributed by atoms with van der Waals surface area (Å²) in [7, 11) is 3.54. The Balaban J connectivity index is 2.13. The molecule has 0 saturated heterocycles. The van der Waals surface area contributed by atoms with Gasteiger partial charge in [0.2, 0.25) is 5.88 Å². The van der Waals surface area contributed by atoms with Gasteiger partial charge in [-0.1, -0.05) is 6.07 Å². The minimum Gasteiger partial charge on any atom is -0.481 e. The van der Waals surface area contributed by atoms with E-state index in [2.05, 4.69) is 15.3 Å². The first-order valence-electron chi connectivity index (χ1n) is 5.46. The summed E-state index contributed by atoms with van der Waals surface area (Å²) in [6, 6.07) is 3.91. The van der Waals surface area contributed by atoms with Crippen LogP contribution in [0.3, 0.4) is 0 Å². The fourth-order valence-corrected chi connectivity index (χ4v) is 1.69. The van der Waals surface area contributed by atoms with Crippen molar-refractivity contribution in [1.29, 1.82) is 0 Å². The van der Waals surface area contributed by atoms with Gasteiger partial charge in [-0.2, -0.15) is 0 Å². The number of aromatic nitrogens is 3. The number of pyridine rings is 1. The number of imidazole rings is 1. The van der Waals surface area contributed by atoms with Gasteiger partial charge in [0.15, 0.2) is 0 Å². The molecule has 0 aliphatic heterocycles. The van der Waals surface area contributed by atoms with Gasteiger partial charge in [-0.05, 0) is 13.1 Å². The maximum atomic E-state index is 5.21. The molecule has 0 unspecified atom stereocenters. The van der Waals surface area contributed by atoms with Crippen LogP contribution < -0.4 is 10.1 Å². The molecule has 0 saturated carbocycles. The number of ether oxygens (including phenoxy) is 1. The first kappa shape index (κ1) is 11.6. The molecule has 0 aromatic carbocycles. The lowest BCUT2D eigenvalue weighted by Gasteiger charge is -2.06. The van der Waals surface area contributed by atoms with E-state index in [4.69, 9.17) is 4.74 Å². The first-order valence-corrected chi connectivity index (χ1v) is 5.46. The van der Waals surface area contributed by atoms with Crippen molar-refractivity contribution in [2.24, 2.45) is 0 Å². The van der Waals surface area contributed by atoms with Crippen LogP contribution in [-0.4, -0.2) is 28.7 Å². The van der Waals surface area contributed by atoms with Crippen molar-refractivity contribution in [1.82, 2.24) is 19.9 Å². The molecule has 2 aromatic rings. The fourth-order valence-electron chi connectivity index (χ4n) is 1.69. The highest BCUT2D eigenvalue weighted by Gasteiger charge is 2.04. The smallest absolute Gasteiger partial charge is 0.218 e. The van der Waals surface area contributed by atoms with Crippen LogP contribution >= 0.6 is 0 Å². The van der Waals surface area contributed by atoms with E-state index in [1.807, 2.05) is 36.3 Å². The zero-order valence-electron chi connectivity index (χ0n) is 10.1. The molecule has 0 aliphatic rings. The molecule has 1 N–H and O–H groups in total. The topological polar surface area (TPSA) is 52.0 Å². The van der Waals surface area contributed by atoms with Crippen LogP contribution in [0.4, 0.5) is 0 Å². The lowest BCUT2D eigenvalue weighted by molar-refractivity contribution is 0.391. The monoisotopic (exact) mass is 232 g/mol. The molecule has 5 nitrogen and oxygen atoms in total. The SMILES string of the molecule is CNCc1cn(Cc2cccnc2OC)cn1. The zero-order valence-corrected chi connectivity index (χ0v) is 10.1. The molecular weight excluding hydrogens is 216 g/mol. The molecule has 0 fully saturated rings. The lowest BCUT2D eigenvalue weighted by atomic mass is 10.2. The molecule has 0 aliphatic carbocycles. The number of nitrogens with zero attached hydrogens (tertiary/aromatic N) is 3. The molecule has 2 rings (SSSR count). The molecule has 17 heavy (non-hydrogen) atoms. The Morgan fingerprint density at radius 3 is 3.06 bits per heavy atom. The van der Waals surface area contributed by atoms with Crippen LogP contribution in [0.2, 0.25) is 0 Å². The summed E-state index contributed by atoms with van der Waals surface area (Å²) < 4.78 is 7.23. The lowest BCUT2D eigenvalue weighted by Crippen LogP contribution is -2.05. The average Bonchev–Trinajstić information content (AvgIpc) is 2.78. The van der Waals surface area contributed by atoms with Crippen molar-refractivity contribution in [2.45, 2.75) is 13.1 Å². The van der Waals surface area contributed by atoms with E-state index in [0.717, 1.165) is 17.8 Å². The van der Waals surface area contributed by atoms with E-state index in [-0.39, 0.29) is 0 Å². The van der Waals surface area contributed by atoms with Gasteiger partial charge in [-0.25, -0.2) is 9.97 Å². The van der Waals surface area contributed by atoms with Crippen molar-refractivity contribution >= 4 is 0 Å². The summed E-state index contributed by atoms with van der Waals surface area (Å²) in [5.41, 5.74) is 2.07. The second kappa shape index (κ2) is 5.45. The van der Waals surface area contributed by atoms with E-state index in [1.165, 1.54) is 0 Å². The molecular formula is C12H16N4O. The molecule has 5 heteroatoms. The molecule has 0 atom stereocenters. The first-order chi connectivity index (χ1) is 8.33. The van der Waals surface area contributed by atoms with Gasteiger partial charge >= 0.3 is 0 Å². The molecule has 2 aromatic heterocycles. The van der Waals surface area contributed by atoms with Crippen LogP contribution in [0, 0.1) is 0 Å². The summed E-state index contributed by atoms with van der Waals surface area (Å²) >= 11 is 0. The van der Waals surface area contributed by atoms with Crippen molar-refractivity contribution in [3.63, 3.8) is 0 Å². The van der Waals surface area contributed by atoms with Crippen LogP contribution in [0.15, 0.2) is 30.9 Å². The number of hydrogen-bond acceptors (Lipinski definition) is 4. The van der Waals surface area contributed by atoms with Crippen molar-refractivity contribution in [2.75, 3.05) is 14.2 Å². The summed E-state index contributed by atoms with van der Waals surface area (Å²) in [5.74, 6) is 0.663. The van der Waals surface area contributed by atoms with Gasteiger partial charge in [0.25, 0.3) is 0 Å². The van der Waals surface area contributed by atoms with Crippen molar-refractivity contribution in [3.05, 3.63) is 42.1 Å². The molecule has 0 radical (unpaired) electrons. The van der Waals surface area contributed by atoms with Gasteiger partial charge in [0.1, 0.15) is 0 Å². The number of rotatable bonds is 5. The summed E-state index contributed by atoms with van der Waals surface area (Å²) in [6.07, 6.45) is 5.56. The summed E-state index contributed by atoms with van der Waals surface area (Å²) in [4.78, 5) is 8.46. The number of nitrogens with one attached hydrogen (secondary N) is 1. The molecule has 90 valence electrons. The largest absolute Gasteiger partial charge is 0.481 e. The Hall–Kier alpha value is -1.88. The molecule has 0 bridgehead atoms. The Kier molecular flexibility index (Phi) is 3.72. The maximum absolute atomic E-state index is 5.21. The van der Waals surface area contributed by atoms with Crippen molar-refractivity contribution < 1.29 is 4.74 Å². The highest BCUT2D eigenvalue weighted by atomic mass is 16.5. The van der Waals surface area contributed by atoms with E-state index in [9.17, 15) is 0 Å². The quantitative estimate of drug-likeness (QED) is 0.837. The van der Waals surface area contributed by atoms with Gasteiger partial charge in [-0.15, -0.1) is 0 Å². The predicted molar refractivity (Wildman–Crippen MR) is 64.9 cm³/mol. The fraction of sp³-hybridized carbons (Fsp3) is 0.333. The number of hydrogen-bond donors (Lipinski definition) is 1. The average molecular weight is 232 g/mol. The standard InChI is InChI=1S/C12H16N4O/c1-13-6-11-8-16(9-15-11)7-10-4-3-5-14-12(10)17-2/h3-5,8-9,13H,6-7H2,1-2H3. The van der Waals surface area contributed by atoms with E-state index in [1.54, 1.807) is 13.3 Å². The van der Waals surface area contributed by atoms with Gasteiger partial charge in [0, 0.05) is 24.5 Å². The van der Waals surface area contributed by atoms with E-state index < -0.39 is 0 Å². The third kappa shape index (κ3) is 2.82. The second-order valence-corrected chi connectivity index (χ2v) is 3.74. The molecule has 0 spiro atoms. The minimum absolute atomic E-state index is 0.663. The number of methoxy groups -OCH3 is 1. The summed E-state index contributed by atoms with van der Waals surface area (Å²) in [6.45, 7) is 1.49. The van der Waals surface area contributed by atoms with E-state index in [0.29, 0.717) is 12.4 Å². The minimum atomic E-state index is 0.663. The van der Waals surface area contributed by atoms with Gasteiger partial charge in [0.05, 0.1) is 25.7 Å². The maximum Gasteiger partial charge on any atom is 0.218 e. The predicted octanol–water partition coefficient (Wildman–Crippen LogP) is 1.05. The van der Waals surface area contributed by atoms with Crippen LogP contribution in [0.1, 0.15) is 11.3 Å². The Morgan fingerprint density at radius 2 is 2.29 bits per heavy atom. The highest BCUT2D eigenvalue weighted by molar-refractivity contribution is 5.25. The van der Waals surface area contributed by atoms with Crippen LogP contribution in [-0.2, 0) is 13.1 Å². The highest BCUT2D eigenvalue weighted by Crippen LogP contribution is 2.15. The molecule has 0 amide bonds.